The van der Waals surface area contributed by atoms with Crippen LogP contribution in [0, 0.1) is 0 Å². The maximum atomic E-state index is 12.6. The number of ether oxygens (including phenoxy) is 1. The smallest absolute Gasteiger partial charge is 0.310 e. The van der Waals surface area contributed by atoms with Crippen LogP contribution < -0.4 is 0 Å². The fourth-order valence-corrected chi connectivity index (χ4v) is 4.11. The van der Waals surface area contributed by atoms with Crippen molar-refractivity contribution in [2.45, 2.75) is 86.7 Å². The van der Waals surface area contributed by atoms with Crippen LogP contribution in [0.15, 0.2) is 54.6 Å². The second-order valence-corrected chi connectivity index (χ2v) is 8.30. The zero-order valence-electron chi connectivity index (χ0n) is 24.8. The summed E-state index contributed by atoms with van der Waals surface area (Å²) in [4.78, 5) is 28.8. The van der Waals surface area contributed by atoms with E-state index in [1.54, 1.807) is 0 Å². The molecule has 1 aliphatic rings. The highest BCUT2D eigenvalue weighted by atomic mass is 16.5. The van der Waals surface area contributed by atoms with Gasteiger partial charge in [0.1, 0.15) is 6.10 Å². The fourth-order valence-electron chi connectivity index (χ4n) is 4.11. The van der Waals surface area contributed by atoms with Gasteiger partial charge >= 0.3 is 5.97 Å². The minimum absolute atomic E-state index is 0.0360. The number of carbonyl (C=O) groups is 2. The average molecular weight is 513 g/mol. The third-order valence-electron chi connectivity index (χ3n) is 5.90. The standard InChI is InChI=1S/C26H34N2O3.3C2H6/c1-3-16-27(2)25(29)15-19-28-17-13-23(14-18-28)31-26(30)20-22-11-7-8-12-24(22)21-9-5-4-6-10-21;3*1-2/h4-12,23H,3,13-20H2,1-2H3;3*1-2H3. The van der Waals surface area contributed by atoms with E-state index in [-0.39, 0.29) is 24.4 Å². The first-order valence-corrected chi connectivity index (χ1v) is 14.4. The van der Waals surface area contributed by atoms with Crippen LogP contribution in [0.25, 0.3) is 11.1 Å². The Kier molecular flexibility index (Phi) is 19.9. The van der Waals surface area contributed by atoms with Crippen molar-refractivity contribution in [3.05, 3.63) is 60.2 Å². The van der Waals surface area contributed by atoms with E-state index >= 15 is 0 Å². The van der Waals surface area contributed by atoms with Crippen LogP contribution in [0.2, 0.25) is 0 Å². The van der Waals surface area contributed by atoms with E-state index in [0.717, 1.165) is 62.1 Å². The average Bonchev–Trinajstić information content (AvgIpc) is 2.96. The molecule has 0 aromatic heterocycles. The van der Waals surface area contributed by atoms with Crippen molar-refractivity contribution in [2.75, 3.05) is 33.2 Å². The molecule has 1 saturated heterocycles. The van der Waals surface area contributed by atoms with Gasteiger partial charge < -0.3 is 14.5 Å². The van der Waals surface area contributed by atoms with Gasteiger partial charge in [0, 0.05) is 39.6 Å². The Morgan fingerprint density at radius 3 is 2.05 bits per heavy atom. The first-order valence-electron chi connectivity index (χ1n) is 14.4. The van der Waals surface area contributed by atoms with Crippen molar-refractivity contribution in [1.29, 1.82) is 0 Å². The Balaban J connectivity index is 0.00000201. The first-order chi connectivity index (χ1) is 18.1. The van der Waals surface area contributed by atoms with Gasteiger partial charge in [-0.15, -0.1) is 0 Å². The summed E-state index contributed by atoms with van der Waals surface area (Å²) in [6.07, 6.45) is 3.43. The lowest BCUT2D eigenvalue weighted by Gasteiger charge is -2.31. The molecule has 2 aromatic rings. The molecule has 1 aliphatic heterocycles. The van der Waals surface area contributed by atoms with Gasteiger partial charge in [-0.25, -0.2) is 0 Å². The Morgan fingerprint density at radius 2 is 1.46 bits per heavy atom. The van der Waals surface area contributed by atoms with Gasteiger partial charge in [-0.05, 0) is 36.0 Å². The number of piperidine rings is 1. The number of hydrogen-bond acceptors (Lipinski definition) is 4. The molecule has 0 bridgehead atoms. The van der Waals surface area contributed by atoms with Gasteiger partial charge in [-0.2, -0.15) is 0 Å². The largest absolute Gasteiger partial charge is 0.462 e. The SMILES string of the molecule is CC.CC.CC.CCCN(C)C(=O)CCN1CCC(OC(=O)Cc2ccccc2-c2ccccc2)CC1. The third-order valence-corrected chi connectivity index (χ3v) is 5.90. The van der Waals surface area contributed by atoms with Gasteiger partial charge in [-0.1, -0.05) is 103 Å². The highest BCUT2D eigenvalue weighted by Crippen LogP contribution is 2.24. The number of hydrogen-bond donors (Lipinski definition) is 0. The number of carbonyl (C=O) groups excluding carboxylic acids is 2. The molecule has 0 spiro atoms. The Labute approximate surface area is 227 Å². The van der Waals surface area contributed by atoms with E-state index in [1.807, 2.05) is 89.9 Å². The van der Waals surface area contributed by atoms with Gasteiger partial charge in [0.2, 0.25) is 5.91 Å². The maximum Gasteiger partial charge on any atom is 0.310 e. The lowest BCUT2D eigenvalue weighted by Crippen LogP contribution is -2.40. The van der Waals surface area contributed by atoms with Gasteiger partial charge in [-0.3, -0.25) is 9.59 Å². The molecule has 1 fully saturated rings. The predicted octanol–water partition coefficient (Wildman–Crippen LogP) is 7.24. The number of likely N-dealkylation sites (tertiary alicyclic amines) is 1. The van der Waals surface area contributed by atoms with E-state index < -0.39 is 0 Å². The molecule has 0 aliphatic carbocycles. The van der Waals surface area contributed by atoms with Crippen LogP contribution in [0.5, 0.6) is 0 Å². The van der Waals surface area contributed by atoms with Gasteiger partial charge in [0.25, 0.3) is 0 Å². The highest BCUT2D eigenvalue weighted by Gasteiger charge is 2.23. The van der Waals surface area contributed by atoms with Crippen molar-refractivity contribution in [2.24, 2.45) is 0 Å². The summed E-state index contributed by atoms with van der Waals surface area (Å²) in [5.41, 5.74) is 3.18. The summed E-state index contributed by atoms with van der Waals surface area (Å²) in [7, 11) is 1.87. The van der Waals surface area contributed by atoms with E-state index in [4.69, 9.17) is 4.74 Å². The lowest BCUT2D eigenvalue weighted by molar-refractivity contribution is -0.150. The second kappa shape index (κ2) is 21.4. The Bertz CT molecular complexity index is 846. The van der Waals surface area contributed by atoms with Crippen molar-refractivity contribution in [3.8, 4) is 11.1 Å². The van der Waals surface area contributed by atoms with Crippen LogP contribution in [0.4, 0.5) is 0 Å². The molecule has 1 amide bonds. The molecular formula is C32H52N2O3. The predicted molar refractivity (Wildman–Crippen MR) is 158 cm³/mol. The lowest BCUT2D eigenvalue weighted by atomic mass is 9.98. The fraction of sp³-hybridized carbons (Fsp3) is 0.562. The first kappa shape index (κ1) is 34.3. The molecule has 3 rings (SSSR count). The molecule has 0 radical (unpaired) electrons. The molecule has 208 valence electrons. The maximum absolute atomic E-state index is 12.6. The quantitative estimate of drug-likeness (QED) is 0.332. The van der Waals surface area contributed by atoms with Crippen LogP contribution in [0.1, 0.15) is 79.7 Å². The van der Waals surface area contributed by atoms with Gasteiger partial charge in [0.15, 0.2) is 0 Å². The molecular weight excluding hydrogens is 460 g/mol. The van der Waals surface area contributed by atoms with E-state index in [1.165, 1.54) is 0 Å². The number of esters is 1. The molecule has 1 heterocycles. The molecule has 0 N–H and O–H groups in total. The number of nitrogens with zero attached hydrogens (tertiary/aromatic N) is 2. The zero-order valence-corrected chi connectivity index (χ0v) is 24.8. The van der Waals surface area contributed by atoms with Crippen molar-refractivity contribution < 1.29 is 14.3 Å². The number of amides is 1. The summed E-state index contributed by atoms with van der Waals surface area (Å²) in [5, 5.41) is 0. The monoisotopic (exact) mass is 512 g/mol. The van der Waals surface area contributed by atoms with Crippen LogP contribution in [-0.2, 0) is 20.7 Å². The number of benzene rings is 2. The molecule has 37 heavy (non-hydrogen) atoms. The molecule has 5 heteroatoms. The van der Waals surface area contributed by atoms with E-state index in [0.29, 0.717) is 6.42 Å². The van der Waals surface area contributed by atoms with E-state index in [9.17, 15) is 9.59 Å². The normalized spacial score (nSPS) is 13.0. The molecule has 2 aromatic carbocycles. The van der Waals surface area contributed by atoms with Crippen LogP contribution in [-0.4, -0.2) is 61.0 Å². The second-order valence-electron chi connectivity index (χ2n) is 8.30. The zero-order chi connectivity index (χ0) is 28.1. The summed E-state index contributed by atoms with van der Waals surface area (Å²) >= 11 is 0. The molecule has 0 unspecified atom stereocenters. The van der Waals surface area contributed by atoms with Crippen molar-refractivity contribution in [1.82, 2.24) is 9.80 Å². The summed E-state index contributed by atoms with van der Waals surface area (Å²) in [6, 6.07) is 18.1. The third kappa shape index (κ3) is 12.9. The summed E-state index contributed by atoms with van der Waals surface area (Å²) in [6.45, 7) is 17.4. The minimum Gasteiger partial charge on any atom is -0.462 e. The van der Waals surface area contributed by atoms with Crippen LogP contribution in [0.3, 0.4) is 0 Å². The van der Waals surface area contributed by atoms with Crippen molar-refractivity contribution in [3.63, 3.8) is 0 Å². The highest BCUT2D eigenvalue weighted by molar-refractivity contribution is 5.78. The summed E-state index contributed by atoms with van der Waals surface area (Å²) in [5.74, 6) is 0.0330. The van der Waals surface area contributed by atoms with Gasteiger partial charge in [0.05, 0.1) is 6.42 Å². The topological polar surface area (TPSA) is 49.9 Å². The molecule has 5 nitrogen and oxygen atoms in total. The van der Waals surface area contributed by atoms with Crippen molar-refractivity contribution >= 4 is 11.9 Å². The van der Waals surface area contributed by atoms with Crippen LogP contribution >= 0.6 is 0 Å². The number of rotatable bonds is 9. The minimum atomic E-state index is -0.168. The molecule has 0 atom stereocenters. The summed E-state index contributed by atoms with van der Waals surface area (Å²) < 4.78 is 5.79. The Morgan fingerprint density at radius 1 is 0.892 bits per heavy atom. The molecule has 0 saturated carbocycles. The Hall–Kier alpha value is -2.66. The van der Waals surface area contributed by atoms with E-state index in [2.05, 4.69) is 30.0 Å².